The number of rotatable bonds is 5. The molecule has 0 unspecified atom stereocenters. The second-order valence-electron chi connectivity index (χ2n) is 3.52. The first-order valence-corrected chi connectivity index (χ1v) is 6.10. The Morgan fingerprint density at radius 2 is 2.39 bits per heavy atom. The molecule has 2 aromatic rings. The van der Waals surface area contributed by atoms with Crippen LogP contribution in [0.5, 0.6) is 0 Å². The van der Waals surface area contributed by atoms with Gasteiger partial charge in [-0.1, -0.05) is 0 Å². The maximum atomic E-state index is 10.5. The van der Waals surface area contributed by atoms with Gasteiger partial charge in [-0.2, -0.15) is 0 Å². The molecule has 0 saturated carbocycles. The lowest BCUT2D eigenvalue weighted by atomic mass is 10.4. The summed E-state index contributed by atoms with van der Waals surface area (Å²) >= 11 is 1.60. The highest BCUT2D eigenvalue weighted by atomic mass is 32.1. The number of anilines is 3. The van der Waals surface area contributed by atoms with E-state index >= 15 is 0 Å². The zero-order valence-corrected chi connectivity index (χ0v) is 10.5. The minimum absolute atomic E-state index is 0.167. The van der Waals surface area contributed by atoms with E-state index in [1.54, 1.807) is 17.4 Å². The number of nitrogens with one attached hydrogen (secondary N) is 1. The Bertz CT molecular complexity index is 530. The number of carbonyl (C=O) groups is 1. The number of nitrogens with zero attached hydrogens (tertiary/aromatic N) is 3. The predicted octanol–water partition coefficient (Wildman–Crippen LogP) is 1.80. The van der Waals surface area contributed by atoms with Crippen molar-refractivity contribution < 1.29 is 9.90 Å². The fraction of sp³-hybridized carbons (Fsp3) is 0.182. The summed E-state index contributed by atoms with van der Waals surface area (Å²) in [6.45, 7) is -0.167. The average molecular weight is 264 g/mol. The molecule has 0 radical (unpaired) electrons. The Kier molecular flexibility index (Phi) is 3.73. The molecule has 6 nitrogen and oxygen atoms in total. The van der Waals surface area contributed by atoms with E-state index in [1.165, 1.54) is 6.33 Å². The van der Waals surface area contributed by atoms with Crippen LogP contribution in [-0.2, 0) is 4.79 Å². The molecule has 7 heteroatoms. The number of thiophene rings is 1. The first-order valence-electron chi connectivity index (χ1n) is 5.22. The van der Waals surface area contributed by atoms with Gasteiger partial charge in [-0.3, -0.25) is 4.79 Å². The van der Waals surface area contributed by atoms with Gasteiger partial charge in [-0.25, -0.2) is 9.97 Å². The molecule has 94 valence electrons. The van der Waals surface area contributed by atoms with Crippen LogP contribution < -0.4 is 10.2 Å². The Labute approximate surface area is 108 Å². The third kappa shape index (κ3) is 2.95. The van der Waals surface area contributed by atoms with Crippen LogP contribution in [-0.4, -0.2) is 34.6 Å². The molecule has 0 aliphatic carbocycles. The van der Waals surface area contributed by atoms with E-state index in [0.717, 1.165) is 5.00 Å². The third-order valence-electron chi connectivity index (χ3n) is 2.25. The van der Waals surface area contributed by atoms with Gasteiger partial charge < -0.3 is 15.3 Å². The molecule has 0 aliphatic heterocycles. The highest BCUT2D eigenvalue weighted by Gasteiger charge is 2.07. The summed E-state index contributed by atoms with van der Waals surface area (Å²) in [5.41, 5.74) is 0. The molecule has 0 aliphatic rings. The summed E-state index contributed by atoms with van der Waals surface area (Å²) in [6, 6.07) is 5.65. The van der Waals surface area contributed by atoms with Crippen molar-refractivity contribution in [3.8, 4) is 0 Å². The number of aliphatic carboxylic acids is 1. The molecular formula is C11H12N4O2S. The van der Waals surface area contributed by atoms with Gasteiger partial charge in [0.25, 0.3) is 0 Å². The van der Waals surface area contributed by atoms with E-state index in [-0.39, 0.29) is 6.54 Å². The SMILES string of the molecule is CN(c1cc(NCC(=O)O)ncn1)c1cccs1. The summed E-state index contributed by atoms with van der Waals surface area (Å²) in [7, 11) is 1.90. The first-order chi connectivity index (χ1) is 8.66. The maximum Gasteiger partial charge on any atom is 0.322 e. The monoisotopic (exact) mass is 264 g/mol. The van der Waals surface area contributed by atoms with Crippen molar-refractivity contribution in [1.29, 1.82) is 0 Å². The van der Waals surface area contributed by atoms with Crippen LogP contribution in [0.15, 0.2) is 29.9 Å². The Hall–Kier alpha value is -2.15. The largest absolute Gasteiger partial charge is 0.480 e. The van der Waals surface area contributed by atoms with Gasteiger partial charge in [0.2, 0.25) is 0 Å². The topological polar surface area (TPSA) is 78.4 Å². The zero-order chi connectivity index (χ0) is 13.0. The van der Waals surface area contributed by atoms with Gasteiger partial charge in [0.05, 0.1) is 5.00 Å². The minimum atomic E-state index is -0.929. The van der Waals surface area contributed by atoms with Crippen molar-refractivity contribution in [2.24, 2.45) is 0 Å². The molecule has 0 amide bonds. The van der Waals surface area contributed by atoms with Crippen LogP contribution in [0.25, 0.3) is 0 Å². The third-order valence-corrected chi connectivity index (χ3v) is 3.20. The summed E-state index contributed by atoms with van der Waals surface area (Å²) < 4.78 is 0. The average Bonchev–Trinajstić information content (AvgIpc) is 2.89. The zero-order valence-electron chi connectivity index (χ0n) is 9.70. The van der Waals surface area contributed by atoms with Gasteiger partial charge in [0.1, 0.15) is 24.5 Å². The Balaban J connectivity index is 2.14. The maximum absolute atomic E-state index is 10.5. The molecule has 2 rings (SSSR count). The fourth-order valence-corrected chi connectivity index (χ4v) is 2.07. The molecule has 18 heavy (non-hydrogen) atoms. The molecule has 0 spiro atoms. The van der Waals surface area contributed by atoms with Crippen LogP contribution in [0, 0.1) is 0 Å². The van der Waals surface area contributed by atoms with Crippen molar-refractivity contribution in [2.75, 3.05) is 23.8 Å². The fourth-order valence-electron chi connectivity index (χ4n) is 1.37. The number of carboxylic acid groups (broad SMARTS) is 1. The highest BCUT2D eigenvalue weighted by molar-refractivity contribution is 7.14. The van der Waals surface area contributed by atoms with Crippen LogP contribution in [0.2, 0.25) is 0 Å². The van der Waals surface area contributed by atoms with Crippen LogP contribution in [0.4, 0.5) is 16.6 Å². The molecule has 0 aromatic carbocycles. The lowest BCUT2D eigenvalue weighted by Gasteiger charge is -2.16. The highest BCUT2D eigenvalue weighted by Crippen LogP contribution is 2.26. The van der Waals surface area contributed by atoms with E-state index in [9.17, 15) is 4.79 Å². The lowest BCUT2D eigenvalue weighted by Crippen LogP contribution is -2.15. The van der Waals surface area contributed by atoms with E-state index in [2.05, 4.69) is 15.3 Å². The van der Waals surface area contributed by atoms with Gasteiger partial charge in [-0.05, 0) is 17.5 Å². The smallest absolute Gasteiger partial charge is 0.322 e. The van der Waals surface area contributed by atoms with E-state index in [4.69, 9.17) is 5.11 Å². The lowest BCUT2D eigenvalue weighted by molar-refractivity contribution is -0.134. The standard InChI is InChI=1S/C11H12N4O2S/c1-15(10-3-2-4-18-10)9-5-8(13-7-14-9)12-6-11(16)17/h2-5,7H,6H2,1H3,(H,16,17)(H,12,13,14). The number of carboxylic acids is 1. The van der Waals surface area contributed by atoms with Crippen molar-refractivity contribution in [3.05, 3.63) is 29.9 Å². The van der Waals surface area contributed by atoms with Crippen molar-refractivity contribution in [3.63, 3.8) is 0 Å². The molecule has 2 aromatic heterocycles. The number of aromatic nitrogens is 2. The van der Waals surface area contributed by atoms with Gasteiger partial charge in [0, 0.05) is 13.1 Å². The molecule has 0 atom stereocenters. The number of hydrogen-bond acceptors (Lipinski definition) is 6. The first kappa shape index (κ1) is 12.3. The predicted molar refractivity (Wildman–Crippen MR) is 70.5 cm³/mol. The summed E-state index contributed by atoms with van der Waals surface area (Å²) in [4.78, 5) is 20.5. The van der Waals surface area contributed by atoms with E-state index in [0.29, 0.717) is 11.6 Å². The molecule has 0 saturated heterocycles. The van der Waals surface area contributed by atoms with Gasteiger partial charge in [0.15, 0.2) is 0 Å². The van der Waals surface area contributed by atoms with Crippen molar-refractivity contribution in [2.45, 2.75) is 0 Å². The van der Waals surface area contributed by atoms with E-state index in [1.807, 2.05) is 29.5 Å². The van der Waals surface area contributed by atoms with Gasteiger partial charge in [-0.15, -0.1) is 11.3 Å². The minimum Gasteiger partial charge on any atom is -0.480 e. The summed E-state index contributed by atoms with van der Waals surface area (Å²) in [5.74, 6) is 0.271. The van der Waals surface area contributed by atoms with Crippen LogP contribution >= 0.6 is 11.3 Å². The Morgan fingerprint density at radius 1 is 1.56 bits per heavy atom. The molecule has 2 heterocycles. The van der Waals surface area contributed by atoms with Crippen molar-refractivity contribution in [1.82, 2.24) is 9.97 Å². The second-order valence-corrected chi connectivity index (χ2v) is 4.45. The summed E-state index contributed by atoms with van der Waals surface area (Å²) in [5, 5.41) is 14.3. The number of hydrogen-bond donors (Lipinski definition) is 2. The Morgan fingerprint density at radius 3 is 3.06 bits per heavy atom. The molecule has 0 bridgehead atoms. The van der Waals surface area contributed by atoms with Crippen LogP contribution in [0.1, 0.15) is 0 Å². The van der Waals surface area contributed by atoms with Crippen LogP contribution in [0.3, 0.4) is 0 Å². The molecular weight excluding hydrogens is 252 g/mol. The van der Waals surface area contributed by atoms with Gasteiger partial charge >= 0.3 is 5.97 Å². The quantitative estimate of drug-likeness (QED) is 0.857. The molecule has 0 fully saturated rings. The van der Waals surface area contributed by atoms with Crippen molar-refractivity contribution >= 4 is 33.9 Å². The summed E-state index contributed by atoms with van der Waals surface area (Å²) in [6.07, 6.45) is 1.41. The normalized spacial score (nSPS) is 10.1. The van der Waals surface area contributed by atoms with E-state index < -0.39 is 5.97 Å². The second kappa shape index (κ2) is 5.46. The molecule has 2 N–H and O–H groups in total.